The van der Waals surface area contributed by atoms with E-state index in [2.05, 4.69) is 19.2 Å². The maximum absolute atomic E-state index is 3.83. The van der Waals surface area contributed by atoms with Crippen LogP contribution in [0.5, 0.6) is 0 Å². The van der Waals surface area contributed by atoms with E-state index in [0.29, 0.717) is 0 Å². The summed E-state index contributed by atoms with van der Waals surface area (Å²) in [6.45, 7) is 5.94. The van der Waals surface area contributed by atoms with Gasteiger partial charge in [0.1, 0.15) is 0 Å². The average Bonchev–Trinajstić information content (AvgIpc) is 2.62. The lowest BCUT2D eigenvalue weighted by Crippen LogP contribution is -2.38. The Morgan fingerprint density at radius 2 is 2.00 bits per heavy atom. The van der Waals surface area contributed by atoms with Crippen LogP contribution in [0.25, 0.3) is 0 Å². The highest BCUT2D eigenvalue weighted by molar-refractivity contribution is 4.86. The second-order valence-electron chi connectivity index (χ2n) is 6.27. The van der Waals surface area contributed by atoms with Crippen molar-refractivity contribution in [1.29, 1.82) is 0 Å². The van der Waals surface area contributed by atoms with Gasteiger partial charge in [-0.2, -0.15) is 0 Å². The first kappa shape index (κ1) is 12.4. The predicted molar refractivity (Wildman–Crippen MR) is 70.5 cm³/mol. The van der Waals surface area contributed by atoms with Gasteiger partial charge in [-0.3, -0.25) is 0 Å². The zero-order valence-electron chi connectivity index (χ0n) is 11.2. The van der Waals surface area contributed by atoms with Crippen molar-refractivity contribution in [3.8, 4) is 0 Å². The molecule has 0 spiro atoms. The van der Waals surface area contributed by atoms with Crippen LogP contribution in [-0.4, -0.2) is 12.6 Å². The smallest absolute Gasteiger partial charge is 0.00980 e. The summed E-state index contributed by atoms with van der Waals surface area (Å²) >= 11 is 0. The van der Waals surface area contributed by atoms with E-state index in [1.165, 1.54) is 57.9 Å². The average molecular weight is 223 g/mol. The summed E-state index contributed by atoms with van der Waals surface area (Å²) in [6.07, 6.45) is 11.7. The Bertz CT molecular complexity index is 198. The Morgan fingerprint density at radius 1 is 1.19 bits per heavy atom. The zero-order valence-corrected chi connectivity index (χ0v) is 11.2. The van der Waals surface area contributed by atoms with Crippen LogP contribution in [0.15, 0.2) is 0 Å². The van der Waals surface area contributed by atoms with Crippen LogP contribution in [0.3, 0.4) is 0 Å². The molecule has 0 radical (unpaired) electrons. The van der Waals surface area contributed by atoms with E-state index in [1.54, 1.807) is 0 Å². The van der Waals surface area contributed by atoms with Gasteiger partial charge in [-0.15, -0.1) is 0 Å². The normalized spacial score (nSPS) is 32.6. The Labute approximate surface area is 101 Å². The largest absolute Gasteiger partial charge is 0.314 e. The molecular weight excluding hydrogens is 194 g/mol. The molecule has 0 aromatic carbocycles. The van der Waals surface area contributed by atoms with E-state index in [-0.39, 0.29) is 0 Å². The van der Waals surface area contributed by atoms with Gasteiger partial charge < -0.3 is 5.32 Å². The molecule has 0 aromatic heterocycles. The van der Waals surface area contributed by atoms with Crippen molar-refractivity contribution in [3.63, 3.8) is 0 Å². The molecule has 1 N–H and O–H groups in total. The Hall–Kier alpha value is -0.0400. The molecule has 0 saturated heterocycles. The fourth-order valence-electron chi connectivity index (χ4n) is 3.48. The third-order valence-electron chi connectivity index (χ3n) is 4.77. The third-order valence-corrected chi connectivity index (χ3v) is 4.77. The van der Waals surface area contributed by atoms with Crippen LogP contribution < -0.4 is 5.32 Å². The van der Waals surface area contributed by atoms with Gasteiger partial charge in [-0.05, 0) is 50.0 Å². The first-order valence-corrected chi connectivity index (χ1v) is 7.53. The summed E-state index contributed by atoms with van der Waals surface area (Å²) in [5.74, 6) is 3.03. The molecule has 1 nitrogen and oxygen atoms in total. The Balaban J connectivity index is 1.80. The molecule has 0 aliphatic heterocycles. The fourth-order valence-corrected chi connectivity index (χ4v) is 3.48. The maximum atomic E-state index is 3.83. The molecule has 2 fully saturated rings. The van der Waals surface area contributed by atoms with E-state index in [1.807, 2.05) is 0 Å². The molecule has 16 heavy (non-hydrogen) atoms. The van der Waals surface area contributed by atoms with Crippen LogP contribution in [0, 0.1) is 17.8 Å². The SMILES string of the molecule is CCCNC(CC1CCC1)C1CCC(C)C1. The van der Waals surface area contributed by atoms with Gasteiger partial charge in [0.25, 0.3) is 0 Å². The molecule has 3 unspecified atom stereocenters. The number of hydrogen-bond acceptors (Lipinski definition) is 1. The van der Waals surface area contributed by atoms with Gasteiger partial charge >= 0.3 is 0 Å². The number of nitrogens with one attached hydrogen (secondary N) is 1. The zero-order chi connectivity index (χ0) is 11.4. The monoisotopic (exact) mass is 223 g/mol. The molecule has 0 aromatic rings. The van der Waals surface area contributed by atoms with Crippen LogP contribution in [0.1, 0.15) is 65.2 Å². The van der Waals surface area contributed by atoms with E-state index < -0.39 is 0 Å². The molecular formula is C15H29N. The molecule has 3 atom stereocenters. The minimum atomic E-state index is 0.843. The highest BCUT2D eigenvalue weighted by Crippen LogP contribution is 2.38. The van der Waals surface area contributed by atoms with Crippen LogP contribution in [0.4, 0.5) is 0 Å². The second-order valence-corrected chi connectivity index (χ2v) is 6.27. The van der Waals surface area contributed by atoms with Gasteiger partial charge in [0, 0.05) is 6.04 Å². The molecule has 2 aliphatic rings. The predicted octanol–water partition coefficient (Wildman–Crippen LogP) is 3.98. The first-order valence-electron chi connectivity index (χ1n) is 7.53. The molecule has 2 aliphatic carbocycles. The van der Waals surface area contributed by atoms with Crippen molar-refractivity contribution in [3.05, 3.63) is 0 Å². The maximum Gasteiger partial charge on any atom is 0.00980 e. The van der Waals surface area contributed by atoms with Crippen LogP contribution in [0.2, 0.25) is 0 Å². The molecule has 0 bridgehead atoms. The second kappa shape index (κ2) is 6.05. The standard InChI is InChI=1S/C15H29N/c1-3-9-16-15(11-13-5-4-6-13)14-8-7-12(2)10-14/h12-16H,3-11H2,1-2H3. The van der Waals surface area contributed by atoms with Gasteiger partial charge in [0.15, 0.2) is 0 Å². The highest BCUT2D eigenvalue weighted by Gasteiger charge is 2.31. The van der Waals surface area contributed by atoms with Crippen LogP contribution >= 0.6 is 0 Å². The van der Waals surface area contributed by atoms with Gasteiger partial charge in [-0.1, -0.05) is 39.5 Å². The molecule has 0 amide bonds. The lowest BCUT2D eigenvalue weighted by Gasteiger charge is -2.33. The molecule has 0 heterocycles. The lowest BCUT2D eigenvalue weighted by molar-refractivity contribution is 0.221. The summed E-state index contributed by atoms with van der Waals surface area (Å²) in [6, 6.07) is 0.843. The number of hydrogen-bond donors (Lipinski definition) is 1. The Morgan fingerprint density at radius 3 is 2.50 bits per heavy atom. The Kier molecular flexibility index (Phi) is 4.69. The summed E-state index contributed by atoms with van der Waals surface area (Å²) in [7, 11) is 0. The first-order chi connectivity index (χ1) is 7.79. The van der Waals surface area contributed by atoms with Gasteiger partial charge in [0.2, 0.25) is 0 Å². The van der Waals surface area contributed by atoms with Gasteiger partial charge in [-0.25, -0.2) is 0 Å². The minimum Gasteiger partial charge on any atom is -0.314 e. The minimum absolute atomic E-state index is 0.843. The van der Waals surface area contributed by atoms with Crippen molar-refractivity contribution >= 4 is 0 Å². The van der Waals surface area contributed by atoms with Crippen molar-refractivity contribution in [2.75, 3.05) is 6.54 Å². The summed E-state index contributed by atoms with van der Waals surface area (Å²) in [5.41, 5.74) is 0. The fraction of sp³-hybridized carbons (Fsp3) is 1.00. The van der Waals surface area contributed by atoms with Gasteiger partial charge in [0.05, 0.1) is 0 Å². The highest BCUT2D eigenvalue weighted by atomic mass is 14.9. The van der Waals surface area contributed by atoms with Crippen molar-refractivity contribution < 1.29 is 0 Å². The number of rotatable bonds is 6. The van der Waals surface area contributed by atoms with E-state index in [9.17, 15) is 0 Å². The van der Waals surface area contributed by atoms with E-state index >= 15 is 0 Å². The summed E-state index contributed by atoms with van der Waals surface area (Å²) in [4.78, 5) is 0. The van der Waals surface area contributed by atoms with Crippen molar-refractivity contribution in [1.82, 2.24) is 5.32 Å². The third kappa shape index (κ3) is 3.23. The molecule has 2 saturated carbocycles. The molecule has 1 heteroatoms. The molecule has 94 valence electrons. The quantitative estimate of drug-likeness (QED) is 0.718. The van der Waals surface area contributed by atoms with Crippen molar-refractivity contribution in [2.45, 2.75) is 71.3 Å². The molecule has 2 rings (SSSR count). The van der Waals surface area contributed by atoms with Crippen LogP contribution in [-0.2, 0) is 0 Å². The summed E-state index contributed by atoms with van der Waals surface area (Å²) in [5, 5.41) is 3.83. The summed E-state index contributed by atoms with van der Waals surface area (Å²) < 4.78 is 0. The topological polar surface area (TPSA) is 12.0 Å². The van der Waals surface area contributed by atoms with E-state index in [0.717, 1.165) is 23.8 Å². The van der Waals surface area contributed by atoms with E-state index in [4.69, 9.17) is 0 Å². The lowest BCUT2D eigenvalue weighted by atomic mass is 9.78. The van der Waals surface area contributed by atoms with Crippen molar-refractivity contribution in [2.24, 2.45) is 17.8 Å².